The van der Waals surface area contributed by atoms with Gasteiger partial charge in [0.25, 0.3) is 0 Å². The van der Waals surface area contributed by atoms with E-state index in [-0.39, 0.29) is 40.1 Å². The molecule has 0 radical (unpaired) electrons. The van der Waals surface area contributed by atoms with Gasteiger partial charge in [-0.15, -0.1) is 0 Å². The number of hydrogen-bond acceptors (Lipinski definition) is 6. The molecule has 0 spiro atoms. The Bertz CT molecular complexity index is 326. The predicted octanol–water partition coefficient (Wildman–Crippen LogP) is -2.83. The molecule has 0 fully saturated rings. The van der Waals surface area contributed by atoms with Crippen molar-refractivity contribution >= 4 is 28.6 Å². The molecule has 1 aromatic rings. The van der Waals surface area contributed by atoms with E-state index >= 15 is 0 Å². The molecule has 1 atom stereocenters. The minimum atomic E-state index is -2.43. The van der Waals surface area contributed by atoms with Gasteiger partial charge < -0.3 is 9.29 Å². The van der Waals surface area contributed by atoms with Gasteiger partial charge in [0, 0.05) is 5.38 Å². The number of hydrogen-bond donors (Lipinski definition) is 0. The van der Waals surface area contributed by atoms with E-state index in [0.717, 1.165) is 11.5 Å². The van der Waals surface area contributed by atoms with E-state index < -0.39 is 17.0 Å². The van der Waals surface area contributed by atoms with Gasteiger partial charge in [-0.25, -0.2) is 4.79 Å². The number of methoxy groups -OCH3 is 1. The summed E-state index contributed by atoms with van der Waals surface area (Å²) in [6.45, 7) is 0. The average Bonchev–Trinajstić information content (AvgIpc) is 2.50. The molecule has 0 N–H and O–H groups in total. The molecule has 1 rings (SSSR count). The van der Waals surface area contributed by atoms with Crippen molar-refractivity contribution in [1.82, 2.24) is 4.37 Å². The molecular formula is C5H4NNaO4S2. The number of ether oxygens (including phenoxy) is 1. The molecule has 0 bridgehead atoms. The molecule has 1 aromatic heterocycles. The Kier molecular flexibility index (Phi) is 5.93. The molecule has 66 valence electrons. The monoisotopic (exact) mass is 229 g/mol. The second-order valence-electron chi connectivity index (χ2n) is 1.75. The molecule has 0 aliphatic carbocycles. The zero-order valence-electron chi connectivity index (χ0n) is 6.97. The Balaban J connectivity index is 0.00000144. The van der Waals surface area contributed by atoms with Crippen LogP contribution in [0.2, 0.25) is 0 Å². The zero-order valence-corrected chi connectivity index (χ0v) is 10.6. The molecular weight excluding hydrogens is 225 g/mol. The Labute approximate surface area is 103 Å². The molecule has 0 aliphatic rings. The van der Waals surface area contributed by atoms with Crippen LogP contribution >= 0.6 is 11.5 Å². The van der Waals surface area contributed by atoms with Crippen LogP contribution in [-0.2, 0) is 15.8 Å². The van der Waals surface area contributed by atoms with Gasteiger partial charge in [0.05, 0.1) is 12.0 Å². The van der Waals surface area contributed by atoms with Gasteiger partial charge in [0.1, 0.15) is 0 Å². The second kappa shape index (κ2) is 5.84. The first kappa shape index (κ1) is 13.2. The van der Waals surface area contributed by atoms with Crippen molar-refractivity contribution in [2.45, 2.75) is 4.90 Å². The third kappa shape index (κ3) is 3.12. The molecule has 13 heavy (non-hydrogen) atoms. The minimum Gasteiger partial charge on any atom is -0.768 e. The van der Waals surface area contributed by atoms with Crippen LogP contribution in [0.25, 0.3) is 0 Å². The van der Waals surface area contributed by atoms with E-state index in [1.54, 1.807) is 0 Å². The number of aromatic nitrogens is 1. The van der Waals surface area contributed by atoms with Crippen molar-refractivity contribution in [2.75, 3.05) is 7.11 Å². The van der Waals surface area contributed by atoms with E-state index in [1.165, 1.54) is 12.5 Å². The van der Waals surface area contributed by atoms with E-state index in [4.69, 9.17) is 0 Å². The first-order chi connectivity index (χ1) is 5.66. The summed E-state index contributed by atoms with van der Waals surface area (Å²) in [5.41, 5.74) is -0.157. The van der Waals surface area contributed by atoms with Gasteiger partial charge in [-0.3, -0.25) is 4.21 Å². The van der Waals surface area contributed by atoms with E-state index in [2.05, 4.69) is 9.11 Å². The van der Waals surface area contributed by atoms with Gasteiger partial charge in [-0.05, 0) is 22.6 Å². The Morgan fingerprint density at radius 2 is 2.38 bits per heavy atom. The summed E-state index contributed by atoms with van der Waals surface area (Å²) in [7, 11) is 1.17. The summed E-state index contributed by atoms with van der Waals surface area (Å²) in [4.78, 5) is 10.7. The predicted molar refractivity (Wildman–Crippen MR) is 40.6 cm³/mol. The van der Waals surface area contributed by atoms with Crippen LogP contribution in [0.4, 0.5) is 0 Å². The number of nitrogens with zero attached hydrogens (tertiary/aromatic N) is 1. The van der Waals surface area contributed by atoms with Crippen molar-refractivity contribution in [3.8, 4) is 0 Å². The second-order valence-corrected chi connectivity index (χ2v) is 3.29. The number of carbonyl (C=O) groups excluding carboxylic acids is 1. The zero-order chi connectivity index (χ0) is 9.14. The fourth-order valence-electron chi connectivity index (χ4n) is 0.580. The quantitative estimate of drug-likeness (QED) is 0.310. The molecule has 5 nitrogen and oxygen atoms in total. The molecule has 0 aliphatic heterocycles. The fourth-order valence-corrected chi connectivity index (χ4v) is 1.91. The maximum Gasteiger partial charge on any atom is 1.00 e. The van der Waals surface area contributed by atoms with Crippen molar-refractivity contribution < 1.29 is 47.9 Å². The van der Waals surface area contributed by atoms with Crippen LogP contribution in [0.3, 0.4) is 0 Å². The Morgan fingerprint density at radius 3 is 2.85 bits per heavy atom. The molecule has 1 heterocycles. The maximum absolute atomic E-state index is 10.8. The Hall–Kier alpha value is 0.210. The van der Waals surface area contributed by atoms with Gasteiger partial charge >= 0.3 is 35.5 Å². The minimum absolute atomic E-state index is 0. The first-order valence-corrected chi connectivity index (χ1v) is 4.70. The number of rotatable bonds is 2. The summed E-state index contributed by atoms with van der Waals surface area (Å²) in [6.07, 6.45) is 0. The van der Waals surface area contributed by atoms with Crippen LogP contribution in [0.5, 0.6) is 0 Å². The van der Waals surface area contributed by atoms with Gasteiger partial charge in [0.2, 0.25) is 0 Å². The van der Waals surface area contributed by atoms with Crippen LogP contribution in [0, 0.1) is 0 Å². The van der Waals surface area contributed by atoms with Crippen molar-refractivity contribution in [3.05, 3.63) is 11.1 Å². The third-order valence-corrected chi connectivity index (χ3v) is 2.54. The fraction of sp³-hybridized carbons (Fsp3) is 0.200. The molecule has 0 saturated heterocycles. The number of carbonyl (C=O) groups is 1. The van der Waals surface area contributed by atoms with Gasteiger partial charge in [-0.1, -0.05) is 0 Å². The third-order valence-electron chi connectivity index (χ3n) is 1.10. The van der Waals surface area contributed by atoms with E-state index in [9.17, 15) is 13.6 Å². The van der Waals surface area contributed by atoms with Crippen molar-refractivity contribution in [2.24, 2.45) is 0 Å². The largest absolute Gasteiger partial charge is 1.00 e. The van der Waals surface area contributed by atoms with Crippen molar-refractivity contribution in [1.29, 1.82) is 0 Å². The average molecular weight is 229 g/mol. The van der Waals surface area contributed by atoms with Crippen LogP contribution in [0.1, 0.15) is 10.5 Å². The summed E-state index contributed by atoms with van der Waals surface area (Å²) >= 11 is -1.54. The topological polar surface area (TPSA) is 79.3 Å². The van der Waals surface area contributed by atoms with Crippen LogP contribution in [-0.4, -0.2) is 26.2 Å². The normalized spacial score (nSPS) is 11.5. The number of esters is 1. The van der Waals surface area contributed by atoms with Gasteiger partial charge in [0.15, 0.2) is 5.69 Å². The molecule has 0 amide bonds. The van der Waals surface area contributed by atoms with Crippen LogP contribution in [0.15, 0.2) is 10.3 Å². The molecule has 8 heteroatoms. The maximum atomic E-state index is 10.8. The summed E-state index contributed by atoms with van der Waals surface area (Å²) in [6, 6.07) is 0. The summed E-state index contributed by atoms with van der Waals surface area (Å²) < 4.78 is 28.8. The van der Waals surface area contributed by atoms with E-state index in [1.807, 2.05) is 0 Å². The summed E-state index contributed by atoms with van der Waals surface area (Å²) in [5, 5.41) is 1.27. The van der Waals surface area contributed by atoms with Crippen molar-refractivity contribution in [3.63, 3.8) is 0 Å². The molecule has 1 unspecified atom stereocenters. The summed E-state index contributed by atoms with van der Waals surface area (Å²) in [5.74, 6) is -0.740. The van der Waals surface area contributed by atoms with E-state index in [0.29, 0.717) is 0 Å². The smallest absolute Gasteiger partial charge is 0.768 e. The molecule has 0 saturated carbocycles. The standard InChI is InChI=1S/C5H5NO4S2.Na/c1-10-5(7)4-3(12(8)9)2-11-6-4;/h2H,1H3,(H,8,9);/q;+1/p-1. The SMILES string of the molecule is COC(=O)c1nscc1S(=O)[O-].[Na+]. The van der Waals surface area contributed by atoms with Crippen LogP contribution < -0.4 is 29.6 Å². The first-order valence-electron chi connectivity index (χ1n) is 2.78. The molecule has 0 aromatic carbocycles. The Morgan fingerprint density at radius 1 is 1.77 bits per heavy atom. The van der Waals surface area contributed by atoms with Gasteiger partial charge in [-0.2, -0.15) is 4.37 Å².